The molecule has 10 heteroatoms. The normalized spacial score (nSPS) is 7.77. The van der Waals surface area contributed by atoms with Crippen molar-refractivity contribution >= 4 is 8.32 Å². The molecule has 174 valence electrons. The van der Waals surface area contributed by atoms with Crippen molar-refractivity contribution in [3.8, 4) is 11.8 Å². The van der Waals surface area contributed by atoms with Crippen LogP contribution in [0.3, 0.4) is 0 Å². The molecule has 0 aliphatic rings. The summed E-state index contributed by atoms with van der Waals surface area (Å²) in [7, 11) is -1.74. The van der Waals surface area contributed by atoms with Gasteiger partial charge in [0.15, 0.2) is 8.32 Å². The summed E-state index contributed by atoms with van der Waals surface area (Å²) >= 11 is 0. The zero-order valence-electron chi connectivity index (χ0n) is 18.1. The van der Waals surface area contributed by atoms with E-state index in [1.165, 1.54) is 0 Å². The van der Waals surface area contributed by atoms with Gasteiger partial charge in [-0.2, -0.15) is 0 Å². The van der Waals surface area contributed by atoms with Gasteiger partial charge < -0.3 is 4.43 Å². The molecule has 0 saturated heterocycles. The van der Waals surface area contributed by atoms with Gasteiger partial charge in [0.2, 0.25) is 0 Å². The molecule has 0 aliphatic carbocycles. The predicted octanol–water partition coefficient (Wildman–Crippen LogP) is 4.30. The Morgan fingerprint density at radius 3 is 1.35 bits per heavy atom. The Morgan fingerprint density at radius 2 is 1.13 bits per heavy atom. The summed E-state index contributed by atoms with van der Waals surface area (Å²) in [4.78, 5) is 0. The molecule has 31 heavy (non-hydrogen) atoms. The third-order valence-electron chi connectivity index (χ3n) is 3.13. The Balaban J connectivity index is -0.0000000424. The van der Waals surface area contributed by atoms with E-state index in [1.807, 2.05) is 12.2 Å². The Bertz CT molecular complexity index is 511. The van der Waals surface area contributed by atoms with Crippen molar-refractivity contribution in [1.82, 2.24) is 0 Å². The first-order chi connectivity index (χ1) is 13.7. The van der Waals surface area contributed by atoms with E-state index in [0.717, 1.165) is 6.42 Å². The van der Waals surface area contributed by atoms with Gasteiger partial charge in [0.1, 0.15) is 6.10 Å². The van der Waals surface area contributed by atoms with Crippen LogP contribution in [0.15, 0.2) is 25.3 Å². The summed E-state index contributed by atoms with van der Waals surface area (Å²) in [6, 6.07) is 0. The largest absolute Gasteiger partial charge is 0 e. The van der Waals surface area contributed by atoms with Crippen molar-refractivity contribution in [2.45, 2.75) is 57.8 Å². The van der Waals surface area contributed by atoms with E-state index in [-0.39, 0.29) is 44.7 Å². The second kappa shape index (κ2) is 51.4. The molecule has 0 heterocycles. The molecule has 1 atom stereocenters. The second-order valence-corrected chi connectivity index (χ2v) is 10.5. The average molecular weight is 536 g/mol. The van der Waals surface area contributed by atoms with Crippen molar-refractivity contribution in [2.75, 3.05) is 0 Å². The van der Waals surface area contributed by atoms with Gasteiger partial charge in [0, 0.05) is 46.4 Å². The van der Waals surface area contributed by atoms with Gasteiger partial charge in [-0.15, -0.1) is 13.2 Å². The van der Waals surface area contributed by atoms with Gasteiger partial charge in [-0.25, -0.2) is 0 Å². The van der Waals surface area contributed by atoms with Gasteiger partial charge in [0.25, 0.3) is 0 Å². The molecule has 0 aliphatic heterocycles. The van der Waals surface area contributed by atoms with Crippen molar-refractivity contribution in [2.24, 2.45) is 0 Å². The van der Waals surface area contributed by atoms with E-state index in [9.17, 15) is 0 Å². The van der Waals surface area contributed by atoms with E-state index in [4.69, 9.17) is 32.3 Å². The molecule has 0 aromatic heterocycles. The van der Waals surface area contributed by atoms with Gasteiger partial charge in [0.05, 0.1) is 0 Å². The van der Waals surface area contributed by atoms with E-state index in [0.29, 0.717) is 6.42 Å². The van der Waals surface area contributed by atoms with Gasteiger partial charge in [-0.05, 0) is 18.1 Å². The molecule has 1 unspecified atom stereocenters. The zero-order valence-corrected chi connectivity index (χ0v) is 21.2. The molecule has 0 bridgehead atoms. The van der Waals surface area contributed by atoms with Gasteiger partial charge >= 0.3 is 67.8 Å². The zero-order chi connectivity index (χ0) is 25.5. The van der Waals surface area contributed by atoms with Crippen LogP contribution in [-0.4, -0.2) is 14.4 Å². The van der Waals surface area contributed by atoms with Crippen LogP contribution in [0.1, 0.15) is 33.6 Å². The molecule has 0 saturated carbocycles. The summed E-state index contributed by atoms with van der Waals surface area (Å²) < 4.78 is 51.2. The maximum atomic E-state index is 7.50. The van der Waals surface area contributed by atoms with E-state index in [2.05, 4.69) is 98.8 Å². The van der Waals surface area contributed by atoms with Gasteiger partial charge in [-0.1, -0.05) is 44.8 Å². The van der Waals surface area contributed by atoms with Gasteiger partial charge in [-0.3, -0.25) is 0 Å². The summed E-state index contributed by atoms with van der Waals surface area (Å²) in [6.07, 6.45) is 5.17. The predicted molar refractivity (Wildman–Crippen MR) is 103 cm³/mol. The van der Waals surface area contributed by atoms with Crippen molar-refractivity contribution < 1.29 is 65.9 Å². The number of hydrogen-bond donors (Lipinski definition) is 0. The Hall–Kier alpha value is -1.33. The first-order valence-corrected chi connectivity index (χ1v) is 10.3. The fourth-order valence-electron chi connectivity index (χ4n) is 1.07. The molecule has 7 nitrogen and oxygen atoms in total. The third kappa shape index (κ3) is 47.7. The molecule has 2 radical (unpaired) electrons. The quantitative estimate of drug-likeness (QED) is 0.168. The van der Waals surface area contributed by atoms with Crippen LogP contribution in [0, 0.1) is 51.7 Å². The minimum atomic E-state index is -1.74. The molecule has 0 N–H and O–H groups in total. The summed E-state index contributed by atoms with van der Waals surface area (Å²) in [5, 5.41) is 0.215. The van der Waals surface area contributed by atoms with Crippen LogP contribution in [0.4, 0.5) is 0 Å². The average Bonchev–Trinajstić information content (AvgIpc) is 2.76. The van der Waals surface area contributed by atoms with Crippen LogP contribution in [0.2, 0.25) is 18.1 Å². The molecule has 0 fully saturated rings. The van der Waals surface area contributed by atoms with Crippen LogP contribution >= 0.6 is 0 Å². The van der Waals surface area contributed by atoms with Crippen LogP contribution in [-0.2, 0) is 65.9 Å². The van der Waals surface area contributed by atoms with E-state index >= 15 is 0 Å². The third-order valence-corrected chi connectivity index (χ3v) is 7.62. The molecular formula is C21H26Co2O7Si. The van der Waals surface area contributed by atoms with Crippen LogP contribution in [0.25, 0.3) is 0 Å². The summed E-state index contributed by atoms with van der Waals surface area (Å²) in [6.45, 7) is 45.6. The minimum Gasteiger partial charge on any atom is 0 e. The number of hydrogen-bond acceptors (Lipinski definition) is 1. The monoisotopic (exact) mass is 536 g/mol. The number of rotatable bonds is 5. The minimum absolute atomic E-state index is 0. The molecule has 0 spiro atoms. The van der Waals surface area contributed by atoms with Crippen molar-refractivity contribution in [3.63, 3.8) is 0 Å². The SMILES string of the molecule is C=CCC#CC(CC=C)O[Si](C)(C)C(C)(C)C.[C-]#[O+].[C-]#[O+].[C-]#[O+].[C-]#[O+].[C-]#[O+].[C-]#[O+].[Co].[Co]. The molecule has 0 rings (SSSR count). The van der Waals surface area contributed by atoms with E-state index < -0.39 is 8.32 Å². The summed E-state index contributed by atoms with van der Waals surface area (Å²) in [5.74, 6) is 6.25. The maximum Gasteiger partial charge on any atom is 0 e. The standard InChI is InChI=1S/C15H26OSi.6CO.2Co/c1-8-10-11-13-14(12-9-2)16-17(6,7)15(3,4)5;6*1-2;;/h8-9,14H,1-2,10,12H2,3-7H3;;;;;;;;. The van der Waals surface area contributed by atoms with E-state index in [1.54, 1.807) is 0 Å². The van der Waals surface area contributed by atoms with Crippen molar-refractivity contribution in [3.05, 3.63) is 65.2 Å². The Kier molecular flexibility index (Phi) is 94.6. The fraction of sp³-hybridized carbons (Fsp3) is 0.429. The first kappa shape index (κ1) is 57.1. The molecule has 0 aromatic rings. The maximum absolute atomic E-state index is 7.50. The second-order valence-electron chi connectivity index (χ2n) is 5.71. The molecule has 0 amide bonds. The Labute approximate surface area is 208 Å². The topological polar surface area (TPSA) is 129 Å². The smallest absolute Gasteiger partial charge is 0 e. The van der Waals surface area contributed by atoms with Crippen LogP contribution < -0.4 is 0 Å². The van der Waals surface area contributed by atoms with Crippen molar-refractivity contribution in [1.29, 1.82) is 0 Å². The Morgan fingerprint density at radius 1 is 0.806 bits per heavy atom. The number of allylic oxidation sites excluding steroid dienone is 1. The molecule has 0 aromatic carbocycles. The summed E-state index contributed by atoms with van der Waals surface area (Å²) in [5.41, 5.74) is 0. The van der Waals surface area contributed by atoms with Crippen LogP contribution in [0.5, 0.6) is 0 Å². The molecular weight excluding hydrogens is 510 g/mol. The fourth-order valence-corrected chi connectivity index (χ4v) is 2.29. The first-order valence-electron chi connectivity index (χ1n) is 7.35.